The number of nitrogens with one attached hydrogen (secondary N) is 2. The highest BCUT2D eigenvalue weighted by molar-refractivity contribution is 5.79. The summed E-state index contributed by atoms with van der Waals surface area (Å²) in [5.41, 5.74) is 1.94. The topological polar surface area (TPSA) is 130 Å². The van der Waals surface area contributed by atoms with Gasteiger partial charge in [0.25, 0.3) is 5.56 Å². The number of H-pyrrole nitrogens is 1. The molecule has 3 atom stereocenters. The second-order valence-corrected chi connectivity index (χ2v) is 10.1. The summed E-state index contributed by atoms with van der Waals surface area (Å²) in [6.45, 7) is 7.44. The van der Waals surface area contributed by atoms with Crippen LogP contribution in [0.5, 0.6) is 0 Å². The van der Waals surface area contributed by atoms with E-state index in [1.807, 2.05) is 17.9 Å². The third-order valence-corrected chi connectivity index (χ3v) is 7.74. The molecule has 2 aromatic heterocycles. The van der Waals surface area contributed by atoms with Crippen molar-refractivity contribution in [2.75, 3.05) is 62.2 Å². The molecule has 37 heavy (non-hydrogen) atoms. The Morgan fingerprint density at radius 3 is 2.78 bits per heavy atom. The number of aromatic nitrogens is 3. The van der Waals surface area contributed by atoms with Gasteiger partial charge in [-0.05, 0) is 38.3 Å². The summed E-state index contributed by atoms with van der Waals surface area (Å²) in [4.78, 5) is 36.0. The van der Waals surface area contributed by atoms with Crippen molar-refractivity contribution in [1.29, 1.82) is 5.26 Å². The first-order valence-corrected chi connectivity index (χ1v) is 13.1. The first-order valence-electron chi connectivity index (χ1n) is 13.1. The van der Waals surface area contributed by atoms with Crippen molar-refractivity contribution in [3.8, 4) is 6.07 Å². The maximum absolute atomic E-state index is 13.3. The van der Waals surface area contributed by atoms with E-state index in [2.05, 4.69) is 36.4 Å². The first kappa shape index (κ1) is 25.2. The average molecular weight is 507 g/mol. The molecule has 11 heteroatoms. The standard InChI is InChI=1S/C26H34N8O3/c1-18-23(16-30-31-25(18)35)34-6-2-3-21(34)17-37-22-11-20(14-28-15-22)26(36)33-9-7-32(8-10-33)24-5-4-19(12-27)13-29-24/h4-5,13,16,20-22,28H,2-3,6-11,14-15,17H2,1H3,(H,31,35)/t20?,21-,22+/m0/s1. The maximum Gasteiger partial charge on any atom is 0.269 e. The maximum atomic E-state index is 13.3. The quantitative estimate of drug-likeness (QED) is 0.580. The van der Waals surface area contributed by atoms with Gasteiger partial charge in [-0.3, -0.25) is 9.59 Å². The van der Waals surface area contributed by atoms with Crippen molar-refractivity contribution in [3.05, 3.63) is 46.0 Å². The summed E-state index contributed by atoms with van der Waals surface area (Å²) < 4.78 is 6.33. The Kier molecular flexibility index (Phi) is 7.67. The average Bonchev–Trinajstić information content (AvgIpc) is 3.42. The van der Waals surface area contributed by atoms with Crippen LogP contribution in [-0.4, -0.2) is 90.6 Å². The summed E-state index contributed by atoms with van der Waals surface area (Å²) in [6.07, 6.45) is 6.06. The molecule has 0 spiro atoms. The summed E-state index contributed by atoms with van der Waals surface area (Å²) in [7, 11) is 0. The molecule has 0 aliphatic carbocycles. The van der Waals surface area contributed by atoms with Gasteiger partial charge in [-0.1, -0.05) is 0 Å². The van der Waals surface area contributed by atoms with E-state index < -0.39 is 0 Å². The summed E-state index contributed by atoms with van der Waals surface area (Å²) >= 11 is 0. The molecule has 3 aliphatic heterocycles. The third kappa shape index (κ3) is 5.60. The lowest BCUT2D eigenvalue weighted by Gasteiger charge is -2.39. The van der Waals surface area contributed by atoms with Gasteiger partial charge in [0.1, 0.15) is 11.9 Å². The van der Waals surface area contributed by atoms with Crippen LogP contribution in [0.1, 0.15) is 30.4 Å². The number of piperazine rings is 1. The van der Waals surface area contributed by atoms with Crippen LogP contribution in [0, 0.1) is 24.2 Å². The number of carbonyl (C=O) groups excluding carboxylic acids is 1. The molecule has 3 saturated heterocycles. The van der Waals surface area contributed by atoms with Crippen molar-refractivity contribution in [1.82, 2.24) is 25.4 Å². The number of carbonyl (C=O) groups is 1. The largest absolute Gasteiger partial charge is 0.375 e. The van der Waals surface area contributed by atoms with Crippen molar-refractivity contribution in [2.45, 2.75) is 38.3 Å². The summed E-state index contributed by atoms with van der Waals surface area (Å²) in [5, 5.41) is 18.8. The van der Waals surface area contributed by atoms with Crippen LogP contribution in [0.15, 0.2) is 29.3 Å². The lowest BCUT2D eigenvalue weighted by molar-refractivity contribution is -0.138. The van der Waals surface area contributed by atoms with Gasteiger partial charge in [0, 0.05) is 57.6 Å². The minimum atomic E-state index is -0.157. The van der Waals surface area contributed by atoms with Crippen LogP contribution in [0.2, 0.25) is 0 Å². The number of anilines is 2. The van der Waals surface area contributed by atoms with Crippen molar-refractivity contribution < 1.29 is 9.53 Å². The van der Waals surface area contributed by atoms with Gasteiger partial charge in [-0.2, -0.15) is 10.4 Å². The molecule has 11 nitrogen and oxygen atoms in total. The molecule has 2 N–H and O–H groups in total. The predicted molar refractivity (Wildman–Crippen MR) is 138 cm³/mol. The Hall–Kier alpha value is -3.49. The normalized spacial score (nSPS) is 24.2. The second kappa shape index (κ2) is 11.3. The van der Waals surface area contributed by atoms with Gasteiger partial charge in [0.05, 0.1) is 42.1 Å². The van der Waals surface area contributed by atoms with E-state index in [4.69, 9.17) is 10.00 Å². The molecule has 0 aromatic carbocycles. The summed E-state index contributed by atoms with van der Waals surface area (Å²) in [6, 6.07) is 5.92. The number of nitriles is 1. The first-order chi connectivity index (χ1) is 18.0. The fourth-order valence-corrected chi connectivity index (χ4v) is 5.58. The predicted octanol–water partition coefficient (Wildman–Crippen LogP) is 0.657. The molecule has 1 amide bonds. The number of aromatic amines is 1. The lowest BCUT2D eigenvalue weighted by Crippen LogP contribution is -2.54. The van der Waals surface area contributed by atoms with E-state index in [1.165, 1.54) is 0 Å². The monoisotopic (exact) mass is 506 g/mol. The Bertz CT molecular complexity index is 1190. The van der Waals surface area contributed by atoms with Crippen molar-refractivity contribution in [2.24, 2.45) is 5.92 Å². The molecule has 0 radical (unpaired) electrons. The van der Waals surface area contributed by atoms with E-state index >= 15 is 0 Å². The molecule has 0 bridgehead atoms. The fraction of sp³-hybridized carbons (Fsp3) is 0.577. The second-order valence-electron chi connectivity index (χ2n) is 10.1. The van der Waals surface area contributed by atoms with Gasteiger partial charge in [-0.15, -0.1) is 0 Å². The van der Waals surface area contributed by atoms with Crippen molar-refractivity contribution >= 4 is 17.4 Å². The molecule has 3 fully saturated rings. The van der Waals surface area contributed by atoms with Crippen LogP contribution in [-0.2, 0) is 9.53 Å². The van der Waals surface area contributed by atoms with E-state index in [-0.39, 0.29) is 29.5 Å². The molecule has 2 aromatic rings. The van der Waals surface area contributed by atoms with E-state index in [0.717, 1.165) is 50.5 Å². The highest BCUT2D eigenvalue weighted by Gasteiger charge is 2.34. The molecular formula is C26H34N8O3. The van der Waals surface area contributed by atoms with Crippen molar-refractivity contribution in [3.63, 3.8) is 0 Å². The Balaban J connectivity index is 1.12. The van der Waals surface area contributed by atoms with Gasteiger partial charge >= 0.3 is 0 Å². The Morgan fingerprint density at radius 2 is 2.03 bits per heavy atom. The fourth-order valence-electron chi connectivity index (χ4n) is 5.58. The minimum Gasteiger partial charge on any atom is -0.375 e. The number of ether oxygens (including phenoxy) is 1. The van der Waals surface area contributed by atoms with Crippen LogP contribution < -0.4 is 20.7 Å². The highest BCUT2D eigenvalue weighted by Crippen LogP contribution is 2.27. The Labute approximate surface area is 216 Å². The number of piperidine rings is 1. The van der Waals surface area contributed by atoms with Gasteiger partial charge in [-0.25, -0.2) is 10.1 Å². The zero-order chi connectivity index (χ0) is 25.8. The molecule has 3 aliphatic rings. The number of amides is 1. The molecule has 0 saturated carbocycles. The van der Waals surface area contributed by atoms with Gasteiger partial charge in [0.15, 0.2) is 0 Å². The van der Waals surface area contributed by atoms with Crippen LogP contribution in [0.4, 0.5) is 11.5 Å². The Morgan fingerprint density at radius 1 is 1.19 bits per heavy atom. The zero-order valence-corrected chi connectivity index (χ0v) is 21.2. The molecule has 5 rings (SSSR count). The molecule has 1 unspecified atom stereocenters. The summed E-state index contributed by atoms with van der Waals surface area (Å²) in [5.74, 6) is 0.920. The number of nitrogens with zero attached hydrogens (tertiary/aromatic N) is 6. The van der Waals surface area contributed by atoms with E-state index in [9.17, 15) is 9.59 Å². The SMILES string of the molecule is Cc1c(N2CCC[C@H]2CO[C@H]2CNCC(C(=O)N3CCN(c4ccc(C#N)cn4)CC3)C2)cn[nH]c1=O. The number of pyridine rings is 1. The van der Waals surface area contributed by atoms with Gasteiger partial charge in [0.2, 0.25) is 5.91 Å². The number of hydrogen-bond acceptors (Lipinski definition) is 9. The zero-order valence-electron chi connectivity index (χ0n) is 21.2. The molecular weight excluding hydrogens is 472 g/mol. The van der Waals surface area contributed by atoms with Crippen LogP contribution in [0.25, 0.3) is 0 Å². The number of hydrogen-bond donors (Lipinski definition) is 2. The smallest absolute Gasteiger partial charge is 0.269 e. The van der Waals surface area contributed by atoms with Crippen LogP contribution in [0.3, 0.4) is 0 Å². The van der Waals surface area contributed by atoms with Gasteiger partial charge < -0.3 is 24.8 Å². The lowest BCUT2D eigenvalue weighted by atomic mass is 9.95. The van der Waals surface area contributed by atoms with Crippen LogP contribution >= 0.6 is 0 Å². The third-order valence-electron chi connectivity index (χ3n) is 7.74. The molecule has 196 valence electrons. The molecule has 5 heterocycles. The van der Waals surface area contributed by atoms with E-state index in [1.54, 1.807) is 18.5 Å². The minimum absolute atomic E-state index is 0.0207. The number of rotatable bonds is 6. The van der Waals surface area contributed by atoms with E-state index in [0.29, 0.717) is 43.8 Å². The highest BCUT2D eigenvalue weighted by atomic mass is 16.5.